The van der Waals surface area contributed by atoms with E-state index in [9.17, 15) is 9.90 Å². The topological polar surface area (TPSA) is 55.8 Å². The number of phenols is 1. The highest BCUT2D eigenvalue weighted by atomic mass is 16.5. The number of carbonyl (C=O) groups is 1. The summed E-state index contributed by atoms with van der Waals surface area (Å²) < 4.78 is 9.66. The summed E-state index contributed by atoms with van der Waals surface area (Å²) in [5.74, 6) is 0.109. The van der Waals surface area contributed by atoms with Crippen molar-refractivity contribution in [1.29, 1.82) is 0 Å². The minimum absolute atomic E-state index is 0.0971. The fourth-order valence-electron chi connectivity index (χ4n) is 1.78. The molecule has 0 heterocycles. The van der Waals surface area contributed by atoms with Crippen LogP contribution in [0.15, 0.2) is 42.5 Å². The number of esters is 1. The van der Waals surface area contributed by atoms with Crippen molar-refractivity contribution < 1.29 is 19.4 Å². The summed E-state index contributed by atoms with van der Waals surface area (Å²) in [5.41, 5.74) is 1.89. The summed E-state index contributed by atoms with van der Waals surface area (Å²) in [4.78, 5) is 11.4. The highest BCUT2D eigenvalue weighted by Crippen LogP contribution is 2.28. The molecule has 2 aromatic rings. The predicted molar refractivity (Wildman–Crippen MR) is 71.4 cm³/mol. The van der Waals surface area contributed by atoms with Crippen LogP contribution in [0.1, 0.15) is 10.4 Å². The largest absolute Gasteiger partial charge is 0.507 e. The van der Waals surface area contributed by atoms with Crippen LogP contribution in [-0.4, -0.2) is 25.3 Å². The number of carbonyl (C=O) groups excluding carboxylic acids is 1. The second kappa shape index (κ2) is 5.44. The van der Waals surface area contributed by atoms with Crippen molar-refractivity contribution in [3.63, 3.8) is 0 Å². The second-order valence-corrected chi connectivity index (χ2v) is 3.95. The maximum Gasteiger partial charge on any atom is 0.341 e. The molecule has 4 nitrogen and oxygen atoms in total. The second-order valence-electron chi connectivity index (χ2n) is 3.95. The minimum atomic E-state index is -0.557. The molecule has 0 aromatic heterocycles. The Labute approximate surface area is 111 Å². The number of hydrogen-bond acceptors (Lipinski definition) is 4. The zero-order valence-electron chi connectivity index (χ0n) is 10.7. The fourth-order valence-corrected chi connectivity index (χ4v) is 1.78. The van der Waals surface area contributed by atoms with E-state index >= 15 is 0 Å². The van der Waals surface area contributed by atoms with Crippen LogP contribution >= 0.6 is 0 Å². The Morgan fingerprint density at radius 3 is 2.16 bits per heavy atom. The third-order valence-electron chi connectivity index (χ3n) is 2.83. The number of benzene rings is 2. The molecule has 0 unspecified atom stereocenters. The van der Waals surface area contributed by atoms with E-state index in [1.54, 1.807) is 19.2 Å². The molecular formula is C15H14O4. The smallest absolute Gasteiger partial charge is 0.341 e. The summed E-state index contributed by atoms with van der Waals surface area (Å²) in [6.45, 7) is 0. The van der Waals surface area contributed by atoms with Gasteiger partial charge in [0.2, 0.25) is 0 Å². The predicted octanol–water partition coefficient (Wildman–Crippen LogP) is 2.85. The van der Waals surface area contributed by atoms with Gasteiger partial charge in [0.15, 0.2) is 0 Å². The van der Waals surface area contributed by atoms with Crippen molar-refractivity contribution in [2.75, 3.05) is 14.2 Å². The first-order chi connectivity index (χ1) is 9.15. The van der Waals surface area contributed by atoms with Gasteiger partial charge < -0.3 is 14.6 Å². The summed E-state index contributed by atoms with van der Waals surface area (Å²) in [5, 5.41) is 9.83. The molecule has 1 N–H and O–H groups in total. The Hall–Kier alpha value is -2.49. The Balaban J connectivity index is 2.35. The number of hydrogen-bond donors (Lipinski definition) is 1. The SMILES string of the molecule is COC(=O)c1ccc(-c2ccc(OC)cc2)cc1O. The highest BCUT2D eigenvalue weighted by Gasteiger charge is 2.12. The Morgan fingerprint density at radius 2 is 1.63 bits per heavy atom. The third kappa shape index (κ3) is 2.68. The molecule has 0 aliphatic carbocycles. The van der Waals surface area contributed by atoms with E-state index in [1.165, 1.54) is 13.2 Å². The summed E-state index contributed by atoms with van der Waals surface area (Å²) in [7, 11) is 2.88. The molecule has 2 aromatic carbocycles. The van der Waals surface area contributed by atoms with E-state index in [2.05, 4.69) is 4.74 Å². The number of methoxy groups -OCH3 is 2. The van der Waals surface area contributed by atoms with Gasteiger partial charge in [-0.3, -0.25) is 0 Å². The van der Waals surface area contributed by atoms with Crippen LogP contribution in [0.3, 0.4) is 0 Å². The van der Waals surface area contributed by atoms with E-state index in [4.69, 9.17) is 4.74 Å². The van der Waals surface area contributed by atoms with Gasteiger partial charge in [0.1, 0.15) is 17.1 Å². The average molecular weight is 258 g/mol. The van der Waals surface area contributed by atoms with E-state index in [-0.39, 0.29) is 11.3 Å². The van der Waals surface area contributed by atoms with Crippen molar-refractivity contribution in [2.24, 2.45) is 0 Å². The van der Waals surface area contributed by atoms with Crippen LogP contribution in [0.4, 0.5) is 0 Å². The van der Waals surface area contributed by atoms with Gasteiger partial charge in [-0.05, 0) is 35.4 Å². The minimum Gasteiger partial charge on any atom is -0.507 e. The molecule has 0 aliphatic rings. The molecule has 98 valence electrons. The lowest BCUT2D eigenvalue weighted by molar-refractivity contribution is 0.0597. The monoisotopic (exact) mass is 258 g/mol. The van der Waals surface area contributed by atoms with Gasteiger partial charge in [-0.25, -0.2) is 4.79 Å². The van der Waals surface area contributed by atoms with Crippen LogP contribution in [-0.2, 0) is 4.74 Å². The van der Waals surface area contributed by atoms with Gasteiger partial charge in [0, 0.05) is 0 Å². The summed E-state index contributed by atoms with van der Waals surface area (Å²) in [6, 6.07) is 12.3. The van der Waals surface area contributed by atoms with Crippen molar-refractivity contribution in [2.45, 2.75) is 0 Å². The Morgan fingerprint density at radius 1 is 1.00 bits per heavy atom. The third-order valence-corrected chi connectivity index (χ3v) is 2.83. The standard InChI is InChI=1S/C15H14O4/c1-18-12-6-3-10(4-7-12)11-5-8-13(14(16)9-11)15(17)19-2/h3-9,16H,1-2H3. The van der Waals surface area contributed by atoms with Crippen molar-refractivity contribution >= 4 is 5.97 Å². The molecule has 0 aliphatic heterocycles. The first kappa shape index (κ1) is 13.0. The maximum atomic E-state index is 11.4. The van der Waals surface area contributed by atoms with Gasteiger partial charge in [-0.2, -0.15) is 0 Å². The van der Waals surface area contributed by atoms with Gasteiger partial charge in [-0.1, -0.05) is 18.2 Å². The van der Waals surface area contributed by atoms with Crippen molar-refractivity contribution in [3.05, 3.63) is 48.0 Å². The molecule has 19 heavy (non-hydrogen) atoms. The molecule has 0 atom stereocenters. The van der Waals surface area contributed by atoms with Crippen molar-refractivity contribution in [3.8, 4) is 22.6 Å². The number of ether oxygens (including phenoxy) is 2. The lowest BCUT2D eigenvalue weighted by Gasteiger charge is -2.07. The zero-order chi connectivity index (χ0) is 13.8. The Kier molecular flexibility index (Phi) is 3.71. The number of phenolic OH excluding ortho intramolecular Hbond substituents is 1. The van der Waals surface area contributed by atoms with Gasteiger partial charge in [-0.15, -0.1) is 0 Å². The first-order valence-electron chi connectivity index (χ1n) is 5.71. The van der Waals surface area contributed by atoms with Crippen LogP contribution in [0.25, 0.3) is 11.1 Å². The van der Waals surface area contributed by atoms with Crippen LogP contribution in [0.5, 0.6) is 11.5 Å². The summed E-state index contributed by atoms with van der Waals surface area (Å²) >= 11 is 0. The quantitative estimate of drug-likeness (QED) is 0.860. The number of aromatic hydroxyl groups is 1. The normalized spacial score (nSPS) is 10.0. The van der Waals surface area contributed by atoms with Gasteiger partial charge in [0.25, 0.3) is 0 Å². The van der Waals surface area contributed by atoms with Gasteiger partial charge in [0.05, 0.1) is 14.2 Å². The number of rotatable bonds is 3. The summed E-state index contributed by atoms with van der Waals surface area (Å²) in [6.07, 6.45) is 0. The highest BCUT2D eigenvalue weighted by molar-refractivity contribution is 5.93. The molecule has 0 saturated heterocycles. The lowest BCUT2D eigenvalue weighted by Crippen LogP contribution is -2.01. The molecular weight excluding hydrogens is 244 g/mol. The molecule has 0 fully saturated rings. The molecule has 4 heteroatoms. The fraction of sp³-hybridized carbons (Fsp3) is 0.133. The Bertz CT molecular complexity index is 588. The molecule has 2 rings (SSSR count). The van der Waals surface area contributed by atoms with Crippen molar-refractivity contribution in [1.82, 2.24) is 0 Å². The molecule has 0 radical (unpaired) electrons. The first-order valence-corrected chi connectivity index (χ1v) is 5.71. The van der Waals surface area contributed by atoms with E-state index < -0.39 is 5.97 Å². The van der Waals surface area contributed by atoms with Crippen LogP contribution < -0.4 is 4.74 Å². The molecule has 0 amide bonds. The molecule has 0 bridgehead atoms. The lowest BCUT2D eigenvalue weighted by atomic mass is 10.0. The molecule has 0 saturated carbocycles. The van der Waals surface area contributed by atoms with E-state index in [0.29, 0.717) is 0 Å². The van der Waals surface area contributed by atoms with Crippen LogP contribution in [0.2, 0.25) is 0 Å². The zero-order valence-corrected chi connectivity index (χ0v) is 10.7. The van der Waals surface area contributed by atoms with Crippen LogP contribution in [0, 0.1) is 0 Å². The van der Waals surface area contributed by atoms with Gasteiger partial charge >= 0.3 is 5.97 Å². The van der Waals surface area contributed by atoms with E-state index in [1.807, 2.05) is 24.3 Å². The van der Waals surface area contributed by atoms with E-state index in [0.717, 1.165) is 16.9 Å². The molecule has 0 spiro atoms. The average Bonchev–Trinajstić information content (AvgIpc) is 2.46. The maximum absolute atomic E-state index is 11.4.